The molecule has 0 spiro atoms. The van der Waals surface area contributed by atoms with Crippen LogP contribution in [0.2, 0.25) is 20.1 Å². The molecule has 0 radical (unpaired) electrons. The summed E-state index contributed by atoms with van der Waals surface area (Å²) in [7, 11) is 0. The van der Waals surface area contributed by atoms with Crippen LogP contribution < -0.4 is 0 Å². The molecule has 7 nitrogen and oxygen atoms in total. The number of carbonyl (C=O) groups excluding carboxylic acids is 2. The molecule has 2 unspecified atom stereocenters. The maximum Gasteiger partial charge on any atom is 0.314 e. The largest absolute Gasteiger partial charge is 0.481 e. The number of rotatable bonds is 10. The van der Waals surface area contributed by atoms with E-state index in [-0.39, 0.29) is 20.1 Å². The lowest BCUT2D eigenvalue weighted by molar-refractivity contribution is -0.160. The molecule has 0 amide bonds. The van der Waals surface area contributed by atoms with Gasteiger partial charge in [-0.3, -0.25) is 19.2 Å². The molecule has 2 aromatic rings. The van der Waals surface area contributed by atoms with E-state index in [2.05, 4.69) is 0 Å². The summed E-state index contributed by atoms with van der Waals surface area (Å²) in [6.45, 7) is 0. The van der Waals surface area contributed by atoms with Crippen molar-refractivity contribution in [2.45, 2.75) is 37.5 Å². The van der Waals surface area contributed by atoms with Gasteiger partial charge in [-0.2, -0.15) is 0 Å². The van der Waals surface area contributed by atoms with Crippen molar-refractivity contribution < 1.29 is 34.1 Å². The minimum atomic E-state index is -1.16. The highest BCUT2D eigenvalue weighted by Crippen LogP contribution is 2.32. The van der Waals surface area contributed by atoms with Crippen molar-refractivity contribution in [3.63, 3.8) is 0 Å². The van der Waals surface area contributed by atoms with Gasteiger partial charge in [-0.15, -0.1) is 0 Å². The van der Waals surface area contributed by atoms with E-state index < -0.39 is 61.4 Å². The van der Waals surface area contributed by atoms with Crippen molar-refractivity contribution in [2.24, 2.45) is 0 Å². The molecule has 0 aromatic heterocycles. The Morgan fingerprint density at radius 2 is 1.00 bits per heavy atom. The highest BCUT2D eigenvalue weighted by molar-refractivity contribution is 6.42. The van der Waals surface area contributed by atoms with Crippen molar-refractivity contribution in [1.29, 1.82) is 0 Å². The molecule has 176 valence electrons. The van der Waals surface area contributed by atoms with E-state index in [1.165, 1.54) is 36.4 Å². The number of esters is 2. The average Bonchev–Trinajstić information content (AvgIpc) is 2.70. The van der Waals surface area contributed by atoms with Gasteiger partial charge in [-0.25, -0.2) is 0 Å². The first-order valence-corrected chi connectivity index (χ1v) is 11.0. The lowest BCUT2D eigenvalue weighted by Gasteiger charge is -2.17. The molecule has 0 heterocycles. The van der Waals surface area contributed by atoms with Crippen molar-refractivity contribution in [3.05, 3.63) is 67.6 Å². The van der Waals surface area contributed by atoms with Crippen LogP contribution in [0.3, 0.4) is 0 Å². The molecule has 0 aliphatic carbocycles. The molecule has 0 saturated carbocycles. The Bertz CT molecular complexity index is 987. The zero-order valence-electron chi connectivity index (χ0n) is 16.9. The van der Waals surface area contributed by atoms with Crippen molar-refractivity contribution >= 4 is 70.3 Å². The molecule has 0 aliphatic rings. The van der Waals surface area contributed by atoms with E-state index in [0.29, 0.717) is 11.1 Å². The van der Waals surface area contributed by atoms with Gasteiger partial charge in [-0.05, 0) is 35.4 Å². The minimum Gasteiger partial charge on any atom is -0.481 e. The highest BCUT2D eigenvalue weighted by Gasteiger charge is 2.25. The van der Waals surface area contributed by atoms with Crippen LogP contribution in [0, 0.1) is 0 Å². The van der Waals surface area contributed by atoms with Crippen LogP contribution >= 0.6 is 46.4 Å². The Hall–Kier alpha value is -2.32. The zero-order chi connectivity index (χ0) is 24.7. The number of hydrogen-bond acceptors (Lipinski definition) is 5. The zero-order valence-corrected chi connectivity index (χ0v) is 19.9. The van der Waals surface area contributed by atoms with Crippen LogP contribution in [-0.2, 0) is 23.9 Å². The molecule has 2 atom stereocenters. The molecule has 2 N–H and O–H groups in total. The van der Waals surface area contributed by atoms with Crippen LogP contribution in [0.5, 0.6) is 0 Å². The van der Waals surface area contributed by atoms with E-state index >= 15 is 0 Å². The number of carboxylic acid groups (broad SMARTS) is 2. The molecule has 0 fully saturated rings. The second-order valence-corrected chi connectivity index (χ2v) is 8.82. The van der Waals surface area contributed by atoms with Gasteiger partial charge in [-0.1, -0.05) is 58.5 Å². The van der Waals surface area contributed by atoms with Gasteiger partial charge in [0.15, 0.2) is 0 Å². The van der Waals surface area contributed by atoms with Crippen molar-refractivity contribution in [2.75, 3.05) is 0 Å². The molecule has 0 saturated heterocycles. The summed E-state index contributed by atoms with van der Waals surface area (Å²) in [5.74, 6) is -5.87. The Kier molecular flexibility index (Phi) is 9.98. The third-order valence-corrected chi connectivity index (χ3v) is 6.20. The number of benzene rings is 2. The standard InChI is InChI=1S/C22H18Cl4O7/c23-15-3-1-11(5-17(15)25)13(7-19(27)28)9-21(31)33-22(32)10-14(8-20(29)30)12-2-4-16(24)18(26)6-12/h1-6,13-14H,7-10H2,(H,27,28)(H,29,30). The second kappa shape index (κ2) is 12.2. The number of ether oxygens (including phenoxy) is 1. The fourth-order valence-corrected chi connectivity index (χ4v) is 3.80. The van der Waals surface area contributed by atoms with Gasteiger partial charge in [0.1, 0.15) is 0 Å². The fraction of sp³-hybridized carbons (Fsp3) is 0.273. The van der Waals surface area contributed by atoms with E-state index in [1.807, 2.05) is 0 Å². The Labute approximate surface area is 209 Å². The summed E-state index contributed by atoms with van der Waals surface area (Å²) in [6, 6.07) is 8.89. The van der Waals surface area contributed by atoms with Crippen LogP contribution in [-0.4, -0.2) is 34.1 Å². The SMILES string of the molecule is O=C(O)CC(CC(=O)OC(=O)CC(CC(=O)O)c1ccc(Cl)c(Cl)c1)c1ccc(Cl)c(Cl)c1. The van der Waals surface area contributed by atoms with Gasteiger partial charge in [0.2, 0.25) is 0 Å². The third-order valence-electron chi connectivity index (χ3n) is 4.73. The Morgan fingerprint density at radius 1 is 0.636 bits per heavy atom. The maximum atomic E-state index is 12.4. The topological polar surface area (TPSA) is 118 Å². The lowest BCUT2D eigenvalue weighted by atomic mass is 9.92. The summed E-state index contributed by atoms with van der Waals surface area (Å²) >= 11 is 23.7. The van der Waals surface area contributed by atoms with Crippen molar-refractivity contribution in [3.8, 4) is 0 Å². The molecule has 2 rings (SSSR count). The highest BCUT2D eigenvalue weighted by atomic mass is 35.5. The molecule has 33 heavy (non-hydrogen) atoms. The first-order valence-electron chi connectivity index (χ1n) is 9.53. The first kappa shape index (κ1) is 26.9. The quantitative estimate of drug-likeness (QED) is 0.284. The van der Waals surface area contributed by atoms with Crippen LogP contribution in [0.25, 0.3) is 0 Å². The van der Waals surface area contributed by atoms with Crippen LogP contribution in [0.15, 0.2) is 36.4 Å². The predicted molar refractivity (Wildman–Crippen MR) is 123 cm³/mol. The molecule has 0 bridgehead atoms. The van der Waals surface area contributed by atoms with Gasteiger partial charge in [0, 0.05) is 11.8 Å². The molecule has 2 aromatic carbocycles. The lowest BCUT2D eigenvalue weighted by Crippen LogP contribution is -2.19. The summed E-state index contributed by atoms with van der Waals surface area (Å²) in [5, 5.41) is 19.3. The first-order chi connectivity index (χ1) is 15.5. The van der Waals surface area contributed by atoms with Gasteiger partial charge in [0.25, 0.3) is 0 Å². The fourth-order valence-electron chi connectivity index (χ4n) is 3.18. The maximum absolute atomic E-state index is 12.4. The van der Waals surface area contributed by atoms with E-state index in [0.717, 1.165) is 0 Å². The molecular weight excluding hydrogens is 518 g/mol. The Morgan fingerprint density at radius 3 is 1.30 bits per heavy atom. The summed E-state index contributed by atoms with van der Waals surface area (Å²) < 4.78 is 4.84. The van der Waals surface area contributed by atoms with E-state index in [4.69, 9.17) is 51.1 Å². The molecular formula is C22H18Cl4O7. The summed E-state index contributed by atoms with van der Waals surface area (Å²) in [4.78, 5) is 47.2. The predicted octanol–water partition coefficient (Wildman–Crippen LogP) is 5.97. The summed E-state index contributed by atoms with van der Waals surface area (Å²) in [5.41, 5.74) is 0.881. The number of carbonyl (C=O) groups is 4. The summed E-state index contributed by atoms with van der Waals surface area (Å²) in [6.07, 6.45) is -1.64. The number of carboxylic acids is 2. The van der Waals surface area contributed by atoms with Crippen LogP contribution in [0.1, 0.15) is 48.6 Å². The van der Waals surface area contributed by atoms with Gasteiger partial charge in [0.05, 0.1) is 45.8 Å². The monoisotopic (exact) mass is 534 g/mol. The Balaban J connectivity index is 2.11. The third kappa shape index (κ3) is 8.51. The number of halogens is 4. The van der Waals surface area contributed by atoms with Gasteiger partial charge < -0.3 is 14.9 Å². The normalized spacial score (nSPS) is 12.6. The number of aliphatic carboxylic acids is 2. The smallest absolute Gasteiger partial charge is 0.314 e. The minimum absolute atomic E-state index is 0.187. The van der Waals surface area contributed by atoms with Crippen LogP contribution in [0.4, 0.5) is 0 Å². The molecule has 0 aliphatic heterocycles. The molecule has 11 heteroatoms. The van der Waals surface area contributed by atoms with Gasteiger partial charge >= 0.3 is 23.9 Å². The van der Waals surface area contributed by atoms with E-state index in [9.17, 15) is 29.4 Å². The second-order valence-electron chi connectivity index (χ2n) is 7.19. The van der Waals surface area contributed by atoms with Crippen molar-refractivity contribution in [1.82, 2.24) is 0 Å². The number of hydrogen-bond donors (Lipinski definition) is 2. The van der Waals surface area contributed by atoms with E-state index in [1.54, 1.807) is 0 Å². The average molecular weight is 536 g/mol.